The summed E-state index contributed by atoms with van der Waals surface area (Å²) in [5.74, 6) is 0. The molecule has 2 N–H and O–H groups in total. The van der Waals surface area contributed by atoms with Crippen molar-refractivity contribution in [2.24, 2.45) is 11.1 Å². The molecule has 0 radical (unpaired) electrons. The van der Waals surface area contributed by atoms with E-state index in [1.807, 2.05) is 13.8 Å². The zero-order valence-corrected chi connectivity index (χ0v) is 8.56. The summed E-state index contributed by atoms with van der Waals surface area (Å²) >= 11 is 0. The highest BCUT2D eigenvalue weighted by Crippen LogP contribution is 2.29. The van der Waals surface area contributed by atoms with Gasteiger partial charge in [-0.1, -0.05) is 13.8 Å². The van der Waals surface area contributed by atoms with Gasteiger partial charge in [0.1, 0.15) is 0 Å². The lowest BCUT2D eigenvalue weighted by molar-refractivity contribution is 0.347. The molecule has 72 valence electrons. The predicted octanol–water partition coefficient (Wildman–Crippen LogP) is -0.385. The fraction of sp³-hybridized carbons (Fsp3) is 1.00. The van der Waals surface area contributed by atoms with E-state index in [0.717, 1.165) is 0 Å². The molecule has 0 aromatic carbocycles. The van der Waals surface area contributed by atoms with Gasteiger partial charge in [-0.05, 0) is 5.41 Å². The molecule has 1 saturated heterocycles. The maximum absolute atomic E-state index is 11.1. The summed E-state index contributed by atoms with van der Waals surface area (Å²) < 4.78 is 23.7. The van der Waals surface area contributed by atoms with Crippen molar-refractivity contribution >= 4 is 10.0 Å². The summed E-state index contributed by atoms with van der Waals surface area (Å²) in [6.07, 6.45) is 1.22. The van der Waals surface area contributed by atoms with E-state index in [4.69, 9.17) is 5.73 Å². The SMILES string of the molecule is CC1(C)CN(S(C)(=O)=O)CC1N. The van der Waals surface area contributed by atoms with Gasteiger partial charge < -0.3 is 5.73 Å². The van der Waals surface area contributed by atoms with Gasteiger partial charge in [0, 0.05) is 19.1 Å². The second-order valence-corrected chi connectivity index (χ2v) is 6.13. The molecule has 1 unspecified atom stereocenters. The van der Waals surface area contributed by atoms with Gasteiger partial charge in [0.15, 0.2) is 0 Å². The molecule has 12 heavy (non-hydrogen) atoms. The van der Waals surface area contributed by atoms with Gasteiger partial charge in [0.05, 0.1) is 6.26 Å². The van der Waals surface area contributed by atoms with Crippen molar-refractivity contribution in [1.29, 1.82) is 0 Å². The standard InChI is InChI=1S/C7H16N2O2S/c1-7(2)5-9(4-6(7)8)12(3,10)11/h6H,4-5,8H2,1-3H3. The minimum Gasteiger partial charge on any atom is -0.326 e. The molecule has 0 saturated carbocycles. The maximum Gasteiger partial charge on any atom is 0.211 e. The first-order valence-corrected chi connectivity index (χ1v) is 5.79. The van der Waals surface area contributed by atoms with Crippen molar-refractivity contribution in [3.05, 3.63) is 0 Å². The molecule has 1 aliphatic rings. The van der Waals surface area contributed by atoms with Crippen LogP contribution in [0.3, 0.4) is 0 Å². The van der Waals surface area contributed by atoms with Gasteiger partial charge in [0.25, 0.3) is 0 Å². The van der Waals surface area contributed by atoms with Crippen LogP contribution in [0.1, 0.15) is 13.8 Å². The Labute approximate surface area is 73.8 Å². The molecule has 1 atom stereocenters. The Morgan fingerprint density at radius 3 is 2.17 bits per heavy atom. The predicted molar refractivity (Wildman–Crippen MR) is 48.2 cm³/mol. The average Bonchev–Trinajstić information content (AvgIpc) is 2.06. The second-order valence-electron chi connectivity index (χ2n) is 4.15. The molecule has 0 aromatic heterocycles. The van der Waals surface area contributed by atoms with Crippen molar-refractivity contribution in [2.45, 2.75) is 19.9 Å². The van der Waals surface area contributed by atoms with Crippen LogP contribution < -0.4 is 5.73 Å². The highest BCUT2D eigenvalue weighted by atomic mass is 32.2. The van der Waals surface area contributed by atoms with E-state index in [0.29, 0.717) is 13.1 Å². The lowest BCUT2D eigenvalue weighted by Crippen LogP contribution is -2.35. The van der Waals surface area contributed by atoms with E-state index < -0.39 is 10.0 Å². The summed E-state index contributed by atoms with van der Waals surface area (Å²) in [7, 11) is -3.05. The number of rotatable bonds is 1. The summed E-state index contributed by atoms with van der Waals surface area (Å²) in [6.45, 7) is 4.96. The molecule has 1 heterocycles. The monoisotopic (exact) mass is 192 g/mol. The molecular formula is C7H16N2O2S. The molecule has 0 aliphatic carbocycles. The Morgan fingerprint density at radius 1 is 1.50 bits per heavy atom. The fourth-order valence-electron chi connectivity index (χ4n) is 1.36. The van der Waals surface area contributed by atoms with E-state index in [2.05, 4.69) is 0 Å². The fourth-order valence-corrected chi connectivity index (χ4v) is 2.35. The van der Waals surface area contributed by atoms with Crippen molar-refractivity contribution in [1.82, 2.24) is 4.31 Å². The molecule has 5 heteroatoms. The van der Waals surface area contributed by atoms with Crippen LogP contribution in [0.15, 0.2) is 0 Å². The quantitative estimate of drug-likeness (QED) is 0.615. The maximum atomic E-state index is 11.1. The van der Waals surface area contributed by atoms with Crippen LogP contribution in [-0.2, 0) is 10.0 Å². The van der Waals surface area contributed by atoms with Crippen molar-refractivity contribution < 1.29 is 8.42 Å². The summed E-state index contributed by atoms with van der Waals surface area (Å²) in [6, 6.07) is -0.0489. The van der Waals surface area contributed by atoms with Crippen LogP contribution in [0.4, 0.5) is 0 Å². The normalized spacial score (nSPS) is 30.8. The van der Waals surface area contributed by atoms with Crippen LogP contribution in [0.5, 0.6) is 0 Å². The van der Waals surface area contributed by atoms with E-state index >= 15 is 0 Å². The van der Waals surface area contributed by atoms with E-state index in [-0.39, 0.29) is 11.5 Å². The van der Waals surface area contributed by atoms with E-state index in [1.54, 1.807) is 0 Å². The topological polar surface area (TPSA) is 63.4 Å². The Balaban J connectivity index is 2.81. The number of sulfonamides is 1. The van der Waals surface area contributed by atoms with Crippen LogP contribution in [-0.4, -0.2) is 38.1 Å². The summed E-state index contributed by atoms with van der Waals surface area (Å²) in [4.78, 5) is 0. The Kier molecular flexibility index (Phi) is 2.22. The van der Waals surface area contributed by atoms with Crippen molar-refractivity contribution in [2.75, 3.05) is 19.3 Å². The minimum atomic E-state index is -3.05. The number of nitrogens with two attached hydrogens (primary N) is 1. The van der Waals surface area contributed by atoms with E-state index in [9.17, 15) is 8.42 Å². The molecule has 4 nitrogen and oxygen atoms in total. The van der Waals surface area contributed by atoms with Gasteiger partial charge in [0.2, 0.25) is 10.0 Å². The third-order valence-corrected chi connectivity index (χ3v) is 3.67. The van der Waals surface area contributed by atoms with Crippen LogP contribution in [0.2, 0.25) is 0 Å². The van der Waals surface area contributed by atoms with Crippen LogP contribution in [0, 0.1) is 5.41 Å². The molecule has 0 spiro atoms. The van der Waals surface area contributed by atoms with Crippen LogP contribution >= 0.6 is 0 Å². The average molecular weight is 192 g/mol. The first-order valence-electron chi connectivity index (χ1n) is 3.94. The van der Waals surface area contributed by atoms with Gasteiger partial charge in [-0.2, -0.15) is 4.31 Å². The summed E-state index contributed by atoms with van der Waals surface area (Å²) in [5, 5.41) is 0. The second kappa shape index (κ2) is 2.68. The highest BCUT2D eigenvalue weighted by Gasteiger charge is 2.40. The lowest BCUT2D eigenvalue weighted by atomic mass is 9.89. The van der Waals surface area contributed by atoms with Gasteiger partial charge in [-0.15, -0.1) is 0 Å². The zero-order chi connectivity index (χ0) is 9.57. The third-order valence-electron chi connectivity index (χ3n) is 2.46. The van der Waals surface area contributed by atoms with Crippen molar-refractivity contribution in [3.63, 3.8) is 0 Å². The largest absolute Gasteiger partial charge is 0.326 e. The molecule has 1 aliphatic heterocycles. The molecule has 0 amide bonds. The Hall–Kier alpha value is -0.130. The highest BCUT2D eigenvalue weighted by molar-refractivity contribution is 7.88. The van der Waals surface area contributed by atoms with Gasteiger partial charge >= 0.3 is 0 Å². The van der Waals surface area contributed by atoms with E-state index in [1.165, 1.54) is 10.6 Å². The minimum absolute atomic E-state index is 0.0489. The summed E-state index contributed by atoms with van der Waals surface area (Å²) in [5.41, 5.74) is 5.70. The van der Waals surface area contributed by atoms with Crippen molar-refractivity contribution in [3.8, 4) is 0 Å². The molecule has 1 rings (SSSR count). The molecule has 0 bridgehead atoms. The Morgan fingerprint density at radius 2 is 2.00 bits per heavy atom. The number of nitrogens with zero attached hydrogens (tertiary/aromatic N) is 1. The van der Waals surface area contributed by atoms with Crippen LogP contribution in [0.25, 0.3) is 0 Å². The zero-order valence-electron chi connectivity index (χ0n) is 7.74. The molecular weight excluding hydrogens is 176 g/mol. The number of hydrogen-bond acceptors (Lipinski definition) is 3. The first-order chi connectivity index (χ1) is 5.23. The first kappa shape index (κ1) is 9.95. The van der Waals surface area contributed by atoms with Gasteiger partial charge in [-0.25, -0.2) is 8.42 Å². The smallest absolute Gasteiger partial charge is 0.211 e. The third kappa shape index (κ3) is 1.78. The van der Waals surface area contributed by atoms with Gasteiger partial charge in [-0.3, -0.25) is 0 Å². The number of hydrogen-bond donors (Lipinski definition) is 1. The lowest BCUT2D eigenvalue weighted by Gasteiger charge is -2.21. The molecule has 1 fully saturated rings. The Bertz CT molecular complexity index is 271. The molecule has 0 aromatic rings.